The molecule has 0 spiro atoms. The quantitative estimate of drug-likeness (QED) is 0.191. The van der Waals surface area contributed by atoms with Crippen LogP contribution in [0.5, 0.6) is 11.5 Å². The maximum Gasteiger partial charge on any atom is 0.337 e. The molecule has 220 valence electrons. The molecule has 0 amide bonds. The zero-order valence-corrected chi connectivity index (χ0v) is 24.8. The van der Waals surface area contributed by atoms with E-state index in [-0.39, 0.29) is 11.3 Å². The second-order valence-electron chi connectivity index (χ2n) is 10.6. The number of hydrogen-bond donors (Lipinski definition) is 1. The van der Waals surface area contributed by atoms with Crippen molar-refractivity contribution in [2.24, 2.45) is 4.99 Å². The van der Waals surface area contributed by atoms with Gasteiger partial charge in [-0.25, -0.2) is 9.48 Å². The number of aromatic carboxylic acids is 1. The molecule has 43 heavy (non-hydrogen) atoms. The zero-order chi connectivity index (χ0) is 30.6. The molecule has 0 fully saturated rings. The Balaban J connectivity index is 1.68. The van der Waals surface area contributed by atoms with Gasteiger partial charge in [-0.15, -0.1) is 0 Å². The molecule has 8 heteroatoms. The van der Waals surface area contributed by atoms with Crippen molar-refractivity contribution >= 4 is 18.0 Å². The third-order valence-corrected chi connectivity index (χ3v) is 8.10. The molecule has 0 aliphatic carbocycles. The topological polar surface area (TPSA) is 103 Å². The number of methoxy groups -OCH3 is 2. The lowest BCUT2D eigenvalue weighted by molar-refractivity contribution is 0.0696. The van der Waals surface area contributed by atoms with Crippen molar-refractivity contribution in [1.82, 2.24) is 9.78 Å². The summed E-state index contributed by atoms with van der Waals surface area (Å²) in [6.07, 6.45) is 7.88. The van der Waals surface area contributed by atoms with Crippen LogP contribution in [0.4, 0.5) is 0 Å². The maximum atomic E-state index is 14.9. The number of ketones is 1. The number of benzene rings is 3. The highest BCUT2D eigenvalue weighted by Crippen LogP contribution is 2.45. The largest absolute Gasteiger partial charge is 0.497 e. The number of carboxylic acids is 1. The number of aliphatic imine (C=N–C) groups is 1. The van der Waals surface area contributed by atoms with E-state index in [0.717, 1.165) is 12.8 Å². The van der Waals surface area contributed by atoms with Crippen LogP contribution in [0.2, 0.25) is 0 Å². The van der Waals surface area contributed by atoms with Crippen molar-refractivity contribution in [3.8, 4) is 17.2 Å². The minimum Gasteiger partial charge on any atom is -0.497 e. The standard InChI is InChI=1S/C35H35N3O5/c1-23-31(24(2)38(37-23)29-16-9-8-15-27(29)34(40)41)32(33(39)28-22-26(42-3)17-18-30(28)43-4)35(20-11-21-36-35)19-10-14-25-12-6-5-7-13-25/h5-9,11-13,15-18,20-22,32H,10,14,19H2,1-4H3,(H,40,41). The number of Topliss-reactive ketones (excluding diaryl/α,β-unsaturated/α-hetero) is 1. The molecular weight excluding hydrogens is 542 g/mol. The second-order valence-corrected chi connectivity index (χ2v) is 10.6. The molecule has 2 atom stereocenters. The maximum absolute atomic E-state index is 14.9. The van der Waals surface area contributed by atoms with E-state index in [1.807, 2.05) is 44.2 Å². The van der Waals surface area contributed by atoms with Gasteiger partial charge in [0.1, 0.15) is 11.5 Å². The SMILES string of the molecule is COc1ccc(OC)c(C(=O)C(c2c(C)nn(-c3ccccc3C(=O)O)c2C)C2(CCCc3ccccc3)C=CC=N2)c1. The fourth-order valence-corrected chi connectivity index (χ4v) is 6.03. The van der Waals surface area contributed by atoms with Crippen molar-refractivity contribution in [3.05, 3.63) is 119 Å². The summed E-state index contributed by atoms with van der Waals surface area (Å²) in [5.41, 5.74) is 3.24. The molecule has 2 unspecified atom stereocenters. The highest BCUT2D eigenvalue weighted by molar-refractivity contribution is 6.05. The van der Waals surface area contributed by atoms with E-state index in [1.165, 1.54) is 12.7 Å². The van der Waals surface area contributed by atoms with Gasteiger partial charge in [0.05, 0.1) is 48.2 Å². The Morgan fingerprint density at radius 2 is 1.70 bits per heavy atom. The van der Waals surface area contributed by atoms with Crippen molar-refractivity contribution in [3.63, 3.8) is 0 Å². The van der Waals surface area contributed by atoms with Crippen LogP contribution in [0.3, 0.4) is 0 Å². The number of allylic oxidation sites excluding steroid dienone is 1. The fraction of sp³-hybridized carbons (Fsp3) is 0.257. The van der Waals surface area contributed by atoms with Gasteiger partial charge in [0, 0.05) is 17.5 Å². The van der Waals surface area contributed by atoms with E-state index in [9.17, 15) is 14.7 Å². The first-order valence-electron chi connectivity index (χ1n) is 14.2. The Morgan fingerprint density at radius 1 is 0.953 bits per heavy atom. The molecule has 1 N–H and O–H groups in total. The normalized spacial score (nSPS) is 16.3. The minimum absolute atomic E-state index is 0.119. The van der Waals surface area contributed by atoms with Gasteiger partial charge in [0.2, 0.25) is 0 Å². The number of rotatable bonds is 12. The third-order valence-electron chi connectivity index (χ3n) is 8.10. The van der Waals surface area contributed by atoms with Crippen LogP contribution < -0.4 is 9.47 Å². The Hall–Kier alpha value is -4.98. The van der Waals surface area contributed by atoms with Crippen molar-refractivity contribution < 1.29 is 24.2 Å². The average Bonchev–Trinajstić information content (AvgIpc) is 3.62. The Morgan fingerprint density at radius 3 is 2.37 bits per heavy atom. The number of ether oxygens (including phenoxy) is 2. The molecule has 5 rings (SSSR count). The molecule has 4 aromatic rings. The summed E-state index contributed by atoms with van der Waals surface area (Å²) < 4.78 is 12.7. The summed E-state index contributed by atoms with van der Waals surface area (Å²) in [7, 11) is 3.09. The number of para-hydroxylation sites is 1. The molecule has 1 aliphatic heterocycles. The van der Waals surface area contributed by atoms with Gasteiger partial charge in [0.15, 0.2) is 5.78 Å². The Labute approximate surface area is 251 Å². The van der Waals surface area contributed by atoms with Crippen molar-refractivity contribution in [2.45, 2.75) is 44.6 Å². The predicted octanol–water partition coefficient (Wildman–Crippen LogP) is 6.57. The van der Waals surface area contributed by atoms with E-state index in [0.29, 0.717) is 46.1 Å². The number of nitrogens with zero attached hydrogens (tertiary/aromatic N) is 3. The van der Waals surface area contributed by atoms with Crippen LogP contribution in [0.1, 0.15) is 62.0 Å². The summed E-state index contributed by atoms with van der Waals surface area (Å²) in [5.74, 6) is -1.05. The van der Waals surface area contributed by atoms with E-state index in [1.54, 1.807) is 60.5 Å². The van der Waals surface area contributed by atoms with E-state index in [2.05, 4.69) is 12.1 Å². The monoisotopic (exact) mass is 577 g/mol. The van der Waals surface area contributed by atoms with E-state index < -0.39 is 17.4 Å². The van der Waals surface area contributed by atoms with Gasteiger partial charge in [-0.2, -0.15) is 5.10 Å². The molecule has 0 saturated carbocycles. The molecule has 2 heterocycles. The number of carbonyl (C=O) groups is 2. The second kappa shape index (κ2) is 12.5. The van der Waals surface area contributed by atoms with Gasteiger partial charge in [-0.05, 0) is 75.1 Å². The molecule has 3 aromatic carbocycles. The third kappa shape index (κ3) is 5.73. The van der Waals surface area contributed by atoms with Crippen LogP contribution in [-0.4, -0.2) is 52.6 Å². The fourth-order valence-electron chi connectivity index (χ4n) is 6.03. The van der Waals surface area contributed by atoms with Crippen LogP contribution >= 0.6 is 0 Å². The number of aromatic nitrogens is 2. The molecule has 1 aliphatic rings. The van der Waals surface area contributed by atoms with Crippen LogP contribution in [0.25, 0.3) is 5.69 Å². The van der Waals surface area contributed by atoms with Crippen LogP contribution in [-0.2, 0) is 6.42 Å². The lowest BCUT2D eigenvalue weighted by Gasteiger charge is -2.34. The van der Waals surface area contributed by atoms with E-state index in [4.69, 9.17) is 19.6 Å². The number of carboxylic acid groups (broad SMARTS) is 1. The summed E-state index contributed by atoms with van der Waals surface area (Å²) in [5, 5.41) is 14.7. The molecule has 0 bridgehead atoms. The van der Waals surface area contributed by atoms with Gasteiger partial charge in [-0.3, -0.25) is 9.79 Å². The summed E-state index contributed by atoms with van der Waals surface area (Å²) in [4.78, 5) is 31.9. The molecule has 0 saturated heterocycles. The Bertz CT molecular complexity index is 1690. The van der Waals surface area contributed by atoms with Gasteiger partial charge in [0.25, 0.3) is 0 Å². The lowest BCUT2D eigenvalue weighted by Crippen LogP contribution is -2.37. The smallest absolute Gasteiger partial charge is 0.337 e. The Kier molecular flexibility index (Phi) is 8.57. The van der Waals surface area contributed by atoms with Gasteiger partial charge < -0.3 is 14.6 Å². The van der Waals surface area contributed by atoms with Crippen molar-refractivity contribution in [2.75, 3.05) is 14.2 Å². The number of carbonyl (C=O) groups excluding carboxylic acids is 1. The predicted molar refractivity (Wildman–Crippen MR) is 166 cm³/mol. The summed E-state index contributed by atoms with van der Waals surface area (Å²) >= 11 is 0. The highest BCUT2D eigenvalue weighted by Gasteiger charge is 2.46. The number of aryl methyl sites for hydroxylation is 2. The highest BCUT2D eigenvalue weighted by atomic mass is 16.5. The molecule has 0 radical (unpaired) electrons. The number of hydrogen-bond acceptors (Lipinski definition) is 6. The minimum atomic E-state index is -1.06. The first-order valence-corrected chi connectivity index (χ1v) is 14.2. The van der Waals surface area contributed by atoms with Crippen LogP contribution in [0, 0.1) is 13.8 Å². The van der Waals surface area contributed by atoms with Crippen molar-refractivity contribution in [1.29, 1.82) is 0 Å². The molecule has 8 nitrogen and oxygen atoms in total. The molecular formula is C35H35N3O5. The summed E-state index contributed by atoms with van der Waals surface area (Å²) in [6.45, 7) is 3.72. The lowest BCUT2D eigenvalue weighted by atomic mass is 9.72. The van der Waals surface area contributed by atoms with E-state index >= 15 is 0 Å². The van der Waals surface area contributed by atoms with Crippen LogP contribution in [0.15, 0.2) is 89.9 Å². The van der Waals surface area contributed by atoms with Gasteiger partial charge >= 0.3 is 5.97 Å². The average molecular weight is 578 g/mol. The zero-order valence-electron chi connectivity index (χ0n) is 24.8. The summed E-state index contributed by atoms with van der Waals surface area (Å²) in [6, 6.07) is 22.1. The molecule has 1 aromatic heterocycles. The van der Waals surface area contributed by atoms with Gasteiger partial charge in [-0.1, -0.05) is 48.5 Å². The first-order chi connectivity index (χ1) is 20.8. The first kappa shape index (κ1) is 29.5.